The zero-order chi connectivity index (χ0) is 21.9. The van der Waals surface area contributed by atoms with E-state index in [1.807, 2.05) is 0 Å². The van der Waals surface area contributed by atoms with Crippen LogP contribution in [0.25, 0.3) is 0 Å². The normalized spacial score (nSPS) is 22.9. The molecule has 2 aliphatic heterocycles. The fourth-order valence-electron chi connectivity index (χ4n) is 3.00. The maximum absolute atomic E-state index is 13.0. The molecule has 0 bridgehead atoms. The number of aliphatic carboxylic acids is 1. The molecule has 11 nitrogen and oxygen atoms in total. The number of nitrogens with zero attached hydrogens (tertiary/aromatic N) is 5. The second kappa shape index (κ2) is 9.29. The molecule has 0 saturated carbocycles. The highest BCUT2D eigenvalue weighted by Crippen LogP contribution is 2.47. The van der Waals surface area contributed by atoms with E-state index in [4.69, 9.17) is 11.2 Å². The van der Waals surface area contributed by atoms with Gasteiger partial charge in [0.25, 0.3) is 11.6 Å². The third kappa shape index (κ3) is 4.02. The van der Waals surface area contributed by atoms with Crippen LogP contribution in [-0.4, -0.2) is 89.2 Å². The van der Waals surface area contributed by atoms with E-state index in [9.17, 15) is 19.5 Å². The van der Waals surface area contributed by atoms with Gasteiger partial charge in [-0.2, -0.15) is 0 Å². The van der Waals surface area contributed by atoms with Crippen molar-refractivity contribution in [1.82, 2.24) is 30.4 Å². The van der Waals surface area contributed by atoms with E-state index in [0.717, 1.165) is 0 Å². The molecular weight excluding hydrogens is 452 g/mol. The number of nitrogens with one attached hydrogen (secondary N) is 1. The fraction of sp³-hybridized carbons (Fsp3) is 0.500. The van der Waals surface area contributed by atoms with Crippen molar-refractivity contribution in [3.63, 3.8) is 0 Å². The van der Waals surface area contributed by atoms with Gasteiger partial charge in [-0.15, -0.1) is 35.0 Å². The van der Waals surface area contributed by atoms with Gasteiger partial charge in [-0.25, -0.2) is 9.48 Å². The second-order valence-corrected chi connectivity index (χ2v) is 9.15. The van der Waals surface area contributed by atoms with E-state index in [2.05, 4.69) is 26.8 Å². The van der Waals surface area contributed by atoms with Crippen molar-refractivity contribution < 1.29 is 24.2 Å². The standard InChI is InChI=1S/C16H18N6O5S3/c1-4-5-28-8-10(23)17-16(27-3)13(26)22-11(12(24)25)9(6-29-14(16)22)7-30-15-18-19-20-21(15)2/h1,14H,5-8H2,2-3H3,(H,17,23)(H,24,25)/t14-,16-/m0/s1. The molecule has 0 aromatic carbocycles. The summed E-state index contributed by atoms with van der Waals surface area (Å²) in [6.07, 6.45) is 5.17. The number of hydrogen-bond donors (Lipinski definition) is 2. The highest BCUT2D eigenvalue weighted by Gasteiger charge is 2.66. The SMILES string of the molecule is C#CCSCC(=O)N[C@]1(OC)C(=O)N2C(C(=O)O)=C(CSc3nnnn3C)CS[C@H]21. The monoisotopic (exact) mass is 470 g/mol. The van der Waals surface area contributed by atoms with Crippen LogP contribution >= 0.6 is 35.3 Å². The third-order valence-electron chi connectivity index (χ3n) is 4.34. The van der Waals surface area contributed by atoms with Crippen molar-refractivity contribution in [1.29, 1.82) is 0 Å². The molecule has 1 aromatic rings. The van der Waals surface area contributed by atoms with Gasteiger partial charge in [0.05, 0.1) is 11.5 Å². The predicted molar refractivity (Wildman–Crippen MR) is 111 cm³/mol. The molecule has 14 heteroatoms. The Balaban J connectivity index is 1.78. The van der Waals surface area contributed by atoms with E-state index in [1.54, 1.807) is 7.05 Å². The predicted octanol–water partition coefficient (Wildman–Crippen LogP) is -0.619. The van der Waals surface area contributed by atoms with Crippen LogP contribution in [0, 0.1) is 12.3 Å². The van der Waals surface area contributed by atoms with E-state index >= 15 is 0 Å². The molecular formula is C16H18N6O5S3. The topological polar surface area (TPSA) is 140 Å². The first-order valence-corrected chi connectivity index (χ1v) is 11.7. The van der Waals surface area contributed by atoms with Crippen molar-refractivity contribution in [3.05, 3.63) is 11.3 Å². The molecule has 1 aromatic heterocycles. The number of methoxy groups -OCH3 is 1. The first-order valence-electron chi connectivity index (χ1n) is 8.48. The minimum atomic E-state index is -1.61. The number of amides is 2. The Morgan fingerprint density at radius 3 is 2.90 bits per heavy atom. The summed E-state index contributed by atoms with van der Waals surface area (Å²) in [4.78, 5) is 38.3. The molecule has 0 spiro atoms. The Bertz CT molecular complexity index is 944. The van der Waals surface area contributed by atoms with Crippen molar-refractivity contribution in [2.24, 2.45) is 7.05 Å². The Morgan fingerprint density at radius 1 is 1.53 bits per heavy atom. The van der Waals surface area contributed by atoms with Gasteiger partial charge in [0.15, 0.2) is 0 Å². The minimum Gasteiger partial charge on any atom is -0.477 e. The first kappa shape index (κ1) is 22.5. The van der Waals surface area contributed by atoms with E-state index < -0.39 is 28.9 Å². The Labute approximate surface area is 184 Å². The average molecular weight is 471 g/mol. The lowest BCUT2D eigenvalue weighted by Crippen LogP contribution is -2.80. The lowest BCUT2D eigenvalue weighted by Gasteiger charge is -2.55. The molecule has 0 aliphatic carbocycles. The van der Waals surface area contributed by atoms with Gasteiger partial charge in [-0.1, -0.05) is 17.7 Å². The summed E-state index contributed by atoms with van der Waals surface area (Å²) in [5, 5.41) is 23.3. The number of carbonyl (C=O) groups excluding carboxylic acids is 2. The van der Waals surface area contributed by atoms with Crippen molar-refractivity contribution in [3.8, 4) is 12.3 Å². The molecule has 30 heavy (non-hydrogen) atoms. The third-order valence-corrected chi connectivity index (χ3v) is 7.64. The van der Waals surface area contributed by atoms with E-state index in [-0.39, 0.29) is 11.4 Å². The quantitative estimate of drug-likeness (QED) is 0.157. The van der Waals surface area contributed by atoms with Gasteiger partial charge < -0.3 is 15.2 Å². The summed E-state index contributed by atoms with van der Waals surface area (Å²) < 4.78 is 6.86. The number of carbonyl (C=O) groups is 3. The zero-order valence-electron chi connectivity index (χ0n) is 16.0. The molecule has 0 radical (unpaired) electrons. The number of β-lactam (4-membered cyclic amide) rings is 1. The van der Waals surface area contributed by atoms with Crippen LogP contribution in [0.4, 0.5) is 0 Å². The lowest BCUT2D eigenvalue weighted by atomic mass is 9.98. The fourth-order valence-corrected chi connectivity index (χ4v) is 5.90. The highest BCUT2D eigenvalue weighted by atomic mass is 32.2. The van der Waals surface area contributed by atoms with Gasteiger partial charge in [-0.3, -0.25) is 14.5 Å². The number of terminal acetylenes is 1. The number of hydrogen-bond acceptors (Lipinski definition) is 10. The molecule has 3 heterocycles. The van der Waals surface area contributed by atoms with Crippen molar-refractivity contribution in [2.45, 2.75) is 16.3 Å². The minimum absolute atomic E-state index is 0.0647. The molecule has 1 saturated heterocycles. The summed E-state index contributed by atoms with van der Waals surface area (Å²) in [7, 11) is 2.98. The molecule has 1 fully saturated rings. The summed E-state index contributed by atoms with van der Waals surface area (Å²) in [6.45, 7) is 0. The van der Waals surface area contributed by atoms with Gasteiger partial charge in [0.1, 0.15) is 11.1 Å². The van der Waals surface area contributed by atoms with Crippen molar-refractivity contribution >= 4 is 53.1 Å². The number of thioether (sulfide) groups is 3. The number of aryl methyl sites for hydroxylation is 1. The zero-order valence-corrected chi connectivity index (χ0v) is 18.5. The van der Waals surface area contributed by atoms with E-state index in [1.165, 1.54) is 52.0 Å². The molecule has 3 rings (SSSR count). The highest BCUT2D eigenvalue weighted by molar-refractivity contribution is 8.01. The number of ether oxygens (including phenoxy) is 1. The molecule has 2 N–H and O–H groups in total. The maximum atomic E-state index is 13.0. The van der Waals surface area contributed by atoms with Crippen LogP contribution in [0.5, 0.6) is 0 Å². The number of fused-ring (bicyclic) bond motifs is 1. The molecule has 160 valence electrons. The van der Waals surface area contributed by atoms with Crippen LogP contribution in [0.15, 0.2) is 16.4 Å². The summed E-state index contributed by atoms with van der Waals surface area (Å²) in [5.74, 6) is 1.23. The Hall–Kier alpha value is -2.21. The first-order chi connectivity index (χ1) is 14.4. The Morgan fingerprint density at radius 2 is 2.30 bits per heavy atom. The van der Waals surface area contributed by atoms with E-state index in [0.29, 0.717) is 28.0 Å². The van der Waals surface area contributed by atoms with Crippen LogP contribution in [0.2, 0.25) is 0 Å². The molecule has 0 unspecified atom stereocenters. The van der Waals surface area contributed by atoms with Crippen LogP contribution in [-0.2, 0) is 26.2 Å². The summed E-state index contributed by atoms with van der Waals surface area (Å²) in [6, 6.07) is 0. The van der Waals surface area contributed by atoms with Crippen molar-refractivity contribution in [2.75, 3.05) is 30.1 Å². The van der Waals surface area contributed by atoms with Crippen LogP contribution in [0.1, 0.15) is 0 Å². The lowest BCUT2D eigenvalue weighted by molar-refractivity contribution is -0.192. The number of aromatic nitrogens is 4. The van der Waals surface area contributed by atoms with Crippen LogP contribution in [0.3, 0.4) is 0 Å². The smallest absolute Gasteiger partial charge is 0.352 e. The largest absolute Gasteiger partial charge is 0.477 e. The molecule has 2 atom stereocenters. The second-order valence-electron chi connectivity index (χ2n) is 6.15. The number of carboxylic acid groups (broad SMARTS) is 1. The number of tetrazole rings is 1. The maximum Gasteiger partial charge on any atom is 0.352 e. The molecule has 2 amide bonds. The van der Waals surface area contributed by atoms with Gasteiger partial charge in [0.2, 0.25) is 11.1 Å². The van der Waals surface area contributed by atoms with Gasteiger partial charge in [-0.05, 0) is 16.0 Å². The van der Waals surface area contributed by atoms with Gasteiger partial charge in [0, 0.05) is 25.7 Å². The number of rotatable bonds is 9. The summed E-state index contributed by atoms with van der Waals surface area (Å²) >= 11 is 3.82. The summed E-state index contributed by atoms with van der Waals surface area (Å²) in [5.41, 5.74) is -1.15. The molecule has 2 aliphatic rings. The average Bonchev–Trinajstić information content (AvgIpc) is 3.14. The van der Waals surface area contributed by atoms with Gasteiger partial charge >= 0.3 is 5.97 Å². The number of carboxylic acids is 1. The van der Waals surface area contributed by atoms with Crippen LogP contribution < -0.4 is 5.32 Å². The Kier molecular flexibility index (Phi) is 6.96.